The SMILES string of the molecule is CCC(Cl)(I)CC(=O)O. The van der Waals surface area contributed by atoms with Crippen molar-refractivity contribution < 1.29 is 9.90 Å². The Morgan fingerprint density at radius 3 is 2.44 bits per heavy atom. The maximum absolute atomic E-state index is 10.1. The number of halogens is 2. The number of hydrogen-bond acceptors (Lipinski definition) is 1. The topological polar surface area (TPSA) is 37.3 Å². The molecule has 0 aliphatic rings. The van der Waals surface area contributed by atoms with Gasteiger partial charge in [0, 0.05) is 0 Å². The Bertz CT molecular complexity index is 114. The van der Waals surface area contributed by atoms with E-state index in [2.05, 4.69) is 0 Å². The van der Waals surface area contributed by atoms with Crippen LogP contribution in [0, 0.1) is 0 Å². The van der Waals surface area contributed by atoms with Gasteiger partial charge in [0.1, 0.15) is 2.88 Å². The van der Waals surface area contributed by atoms with Gasteiger partial charge >= 0.3 is 5.97 Å². The van der Waals surface area contributed by atoms with Crippen molar-refractivity contribution in [3.63, 3.8) is 0 Å². The fraction of sp³-hybridized carbons (Fsp3) is 0.800. The summed E-state index contributed by atoms with van der Waals surface area (Å²) in [5.74, 6) is -0.846. The summed E-state index contributed by atoms with van der Waals surface area (Å²) in [6, 6.07) is 0. The lowest BCUT2D eigenvalue weighted by atomic mass is 10.2. The molecule has 9 heavy (non-hydrogen) atoms. The quantitative estimate of drug-likeness (QED) is 0.625. The fourth-order valence-corrected chi connectivity index (χ4v) is 0.787. The van der Waals surface area contributed by atoms with Crippen molar-refractivity contribution in [1.29, 1.82) is 0 Å². The first-order valence-electron chi connectivity index (χ1n) is 2.57. The lowest BCUT2D eigenvalue weighted by Gasteiger charge is -2.13. The van der Waals surface area contributed by atoms with Crippen LogP contribution in [0.25, 0.3) is 0 Å². The van der Waals surface area contributed by atoms with Crippen LogP contribution in [0.5, 0.6) is 0 Å². The standard InChI is InChI=1S/C5H8ClIO2/c1-2-5(6,7)3-4(8)9/h2-3H2,1H3,(H,8,9). The molecule has 0 aromatic rings. The number of hydrogen-bond donors (Lipinski definition) is 1. The highest BCUT2D eigenvalue weighted by Crippen LogP contribution is 2.31. The van der Waals surface area contributed by atoms with Crippen molar-refractivity contribution in [2.75, 3.05) is 0 Å². The molecule has 0 aliphatic carbocycles. The van der Waals surface area contributed by atoms with Gasteiger partial charge in [0.2, 0.25) is 0 Å². The van der Waals surface area contributed by atoms with Crippen LogP contribution in [0.2, 0.25) is 0 Å². The number of rotatable bonds is 3. The van der Waals surface area contributed by atoms with Crippen molar-refractivity contribution in [3.8, 4) is 0 Å². The van der Waals surface area contributed by atoms with E-state index in [1.54, 1.807) is 0 Å². The Morgan fingerprint density at radius 2 is 2.33 bits per heavy atom. The van der Waals surface area contributed by atoms with E-state index in [0.717, 1.165) is 0 Å². The zero-order valence-electron chi connectivity index (χ0n) is 5.03. The van der Waals surface area contributed by atoms with Gasteiger partial charge in [0.25, 0.3) is 0 Å². The molecule has 0 spiro atoms. The number of carboxylic acids is 1. The second kappa shape index (κ2) is 3.61. The van der Waals surface area contributed by atoms with Gasteiger partial charge < -0.3 is 5.11 Å². The van der Waals surface area contributed by atoms with E-state index < -0.39 is 8.85 Å². The summed E-state index contributed by atoms with van der Waals surface area (Å²) in [4.78, 5) is 10.1. The Labute approximate surface area is 72.7 Å². The molecule has 0 bridgehead atoms. The normalized spacial score (nSPS) is 16.8. The molecular formula is C5H8ClIO2. The highest BCUT2D eigenvalue weighted by molar-refractivity contribution is 14.1. The molecule has 0 amide bonds. The smallest absolute Gasteiger partial charge is 0.305 e. The van der Waals surface area contributed by atoms with Crippen LogP contribution in [0.4, 0.5) is 0 Å². The molecule has 0 fully saturated rings. The zero-order valence-corrected chi connectivity index (χ0v) is 7.94. The van der Waals surface area contributed by atoms with Crippen molar-refractivity contribution in [2.24, 2.45) is 0 Å². The Morgan fingerprint density at radius 1 is 1.89 bits per heavy atom. The van der Waals surface area contributed by atoms with Gasteiger partial charge in [0.15, 0.2) is 0 Å². The predicted octanol–water partition coefficient (Wildman–Crippen LogP) is 2.24. The van der Waals surface area contributed by atoms with Crippen LogP contribution >= 0.6 is 34.2 Å². The number of alkyl halides is 2. The third kappa shape index (κ3) is 4.96. The van der Waals surface area contributed by atoms with E-state index in [-0.39, 0.29) is 6.42 Å². The summed E-state index contributed by atoms with van der Waals surface area (Å²) in [6.07, 6.45) is 0.688. The molecule has 0 heterocycles. The first-order valence-corrected chi connectivity index (χ1v) is 4.03. The first kappa shape index (κ1) is 9.49. The molecule has 54 valence electrons. The Balaban J connectivity index is 3.71. The molecular weight excluding hydrogens is 254 g/mol. The van der Waals surface area contributed by atoms with E-state index in [9.17, 15) is 4.79 Å². The van der Waals surface area contributed by atoms with E-state index in [0.29, 0.717) is 6.42 Å². The minimum atomic E-state index is -0.846. The highest BCUT2D eigenvalue weighted by atomic mass is 127. The van der Waals surface area contributed by atoms with Crippen LogP contribution < -0.4 is 0 Å². The van der Waals surface area contributed by atoms with Gasteiger partial charge in [-0.1, -0.05) is 29.5 Å². The second-order valence-electron chi connectivity index (χ2n) is 1.78. The third-order valence-electron chi connectivity index (χ3n) is 0.927. The highest BCUT2D eigenvalue weighted by Gasteiger charge is 2.23. The molecule has 1 atom stereocenters. The van der Waals surface area contributed by atoms with E-state index >= 15 is 0 Å². The molecule has 0 radical (unpaired) electrons. The van der Waals surface area contributed by atoms with Crippen LogP contribution in [-0.2, 0) is 4.79 Å². The van der Waals surface area contributed by atoms with Gasteiger partial charge in [-0.15, -0.1) is 11.6 Å². The Hall–Kier alpha value is 0.490. The molecule has 1 unspecified atom stereocenters. The largest absolute Gasteiger partial charge is 0.481 e. The lowest BCUT2D eigenvalue weighted by Crippen LogP contribution is -2.15. The summed E-state index contributed by atoms with van der Waals surface area (Å²) >= 11 is 7.66. The number of carbonyl (C=O) groups is 1. The molecule has 0 aromatic carbocycles. The molecule has 4 heteroatoms. The minimum absolute atomic E-state index is 0.0195. The number of carboxylic acid groups (broad SMARTS) is 1. The van der Waals surface area contributed by atoms with Crippen molar-refractivity contribution in [2.45, 2.75) is 22.6 Å². The van der Waals surface area contributed by atoms with Gasteiger partial charge in [-0.25, -0.2) is 0 Å². The van der Waals surface area contributed by atoms with Crippen LogP contribution in [0.15, 0.2) is 0 Å². The molecule has 2 nitrogen and oxygen atoms in total. The van der Waals surface area contributed by atoms with E-state index in [4.69, 9.17) is 16.7 Å². The number of aliphatic carboxylic acids is 1. The average Bonchev–Trinajstić information content (AvgIpc) is 1.63. The molecule has 0 aromatic heterocycles. The van der Waals surface area contributed by atoms with Crippen molar-refractivity contribution in [3.05, 3.63) is 0 Å². The third-order valence-corrected chi connectivity index (χ3v) is 2.47. The lowest BCUT2D eigenvalue weighted by molar-refractivity contribution is -0.137. The van der Waals surface area contributed by atoms with Gasteiger partial charge in [-0.2, -0.15) is 0 Å². The maximum Gasteiger partial charge on any atom is 0.305 e. The first-order chi connectivity index (χ1) is 3.98. The van der Waals surface area contributed by atoms with Crippen LogP contribution in [0.3, 0.4) is 0 Å². The monoisotopic (exact) mass is 262 g/mol. The summed E-state index contributed by atoms with van der Waals surface area (Å²) in [6.45, 7) is 1.86. The summed E-state index contributed by atoms with van der Waals surface area (Å²) in [5, 5.41) is 8.29. The zero-order chi connectivity index (χ0) is 7.49. The van der Waals surface area contributed by atoms with Crippen molar-refractivity contribution >= 4 is 40.2 Å². The minimum Gasteiger partial charge on any atom is -0.481 e. The molecule has 0 saturated carbocycles. The summed E-state index contributed by atoms with van der Waals surface area (Å²) < 4.78 is -0.594. The average molecular weight is 262 g/mol. The molecule has 0 aliphatic heterocycles. The van der Waals surface area contributed by atoms with Gasteiger partial charge in [0.05, 0.1) is 6.42 Å². The van der Waals surface area contributed by atoms with Gasteiger partial charge in [-0.05, 0) is 6.42 Å². The second-order valence-corrected chi connectivity index (χ2v) is 5.21. The summed E-state index contributed by atoms with van der Waals surface area (Å²) in [5.41, 5.74) is 0. The molecule has 0 saturated heterocycles. The predicted molar refractivity (Wildman–Crippen MR) is 45.1 cm³/mol. The molecule has 1 N–H and O–H groups in total. The summed E-state index contributed by atoms with van der Waals surface area (Å²) in [7, 11) is 0. The fourth-order valence-electron chi connectivity index (χ4n) is 0.346. The van der Waals surface area contributed by atoms with Gasteiger partial charge in [-0.3, -0.25) is 4.79 Å². The van der Waals surface area contributed by atoms with Crippen LogP contribution in [-0.4, -0.2) is 14.0 Å². The van der Waals surface area contributed by atoms with E-state index in [1.165, 1.54) is 0 Å². The Kier molecular flexibility index (Phi) is 3.80. The van der Waals surface area contributed by atoms with Crippen molar-refractivity contribution in [1.82, 2.24) is 0 Å². The van der Waals surface area contributed by atoms with Crippen LogP contribution in [0.1, 0.15) is 19.8 Å². The van der Waals surface area contributed by atoms with E-state index in [1.807, 2.05) is 29.5 Å². The molecule has 0 rings (SSSR count). The maximum atomic E-state index is 10.1.